The van der Waals surface area contributed by atoms with Crippen molar-refractivity contribution in [3.63, 3.8) is 0 Å². The standard InChI is InChI=1S/C13H20N2O4/c1-14-13(18)15-11(16)7-19-12(17)6-10-5-8-2-3-9(10)4-8/h8-10H,2-7H2,1H3,(H2,14,15,16,18)/t8-,9-,10-/m0/s1. The molecule has 0 unspecified atom stereocenters. The van der Waals surface area contributed by atoms with E-state index in [1.165, 1.54) is 26.3 Å². The van der Waals surface area contributed by atoms with Gasteiger partial charge in [0, 0.05) is 13.5 Å². The maximum absolute atomic E-state index is 11.6. The molecule has 6 nitrogen and oxygen atoms in total. The summed E-state index contributed by atoms with van der Waals surface area (Å²) in [7, 11) is 1.41. The van der Waals surface area contributed by atoms with Crippen LogP contribution in [0.2, 0.25) is 0 Å². The molecular weight excluding hydrogens is 248 g/mol. The van der Waals surface area contributed by atoms with Gasteiger partial charge in [0.15, 0.2) is 6.61 Å². The smallest absolute Gasteiger partial charge is 0.321 e. The third-order valence-electron chi connectivity index (χ3n) is 4.16. The molecule has 2 aliphatic carbocycles. The summed E-state index contributed by atoms with van der Waals surface area (Å²) in [6, 6.07) is -0.603. The molecule has 2 aliphatic rings. The van der Waals surface area contributed by atoms with Crippen LogP contribution in [0.25, 0.3) is 0 Å². The SMILES string of the molecule is CNC(=O)NC(=O)COC(=O)C[C@@H]1C[C@H]2CC[C@H]1C2. The van der Waals surface area contributed by atoms with Gasteiger partial charge in [0.05, 0.1) is 0 Å². The average molecular weight is 268 g/mol. The molecule has 0 spiro atoms. The van der Waals surface area contributed by atoms with Gasteiger partial charge in [0.1, 0.15) is 0 Å². The number of nitrogens with one attached hydrogen (secondary N) is 2. The van der Waals surface area contributed by atoms with Crippen LogP contribution in [-0.2, 0) is 14.3 Å². The summed E-state index contributed by atoms with van der Waals surface area (Å²) in [5.74, 6) is 0.926. The fourth-order valence-electron chi connectivity index (χ4n) is 3.27. The predicted molar refractivity (Wildman–Crippen MR) is 67.1 cm³/mol. The summed E-state index contributed by atoms with van der Waals surface area (Å²) < 4.78 is 4.89. The van der Waals surface area contributed by atoms with Crippen LogP contribution < -0.4 is 10.6 Å². The van der Waals surface area contributed by atoms with Gasteiger partial charge in [0.2, 0.25) is 0 Å². The van der Waals surface area contributed by atoms with E-state index in [2.05, 4.69) is 5.32 Å². The Morgan fingerprint density at radius 2 is 2.00 bits per heavy atom. The Hall–Kier alpha value is -1.59. The summed E-state index contributed by atoms with van der Waals surface area (Å²) in [4.78, 5) is 33.7. The zero-order valence-electron chi connectivity index (χ0n) is 11.1. The summed E-state index contributed by atoms with van der Waals surface area (Å²) in [5, 5.41) is 4.29. The summed E-state index contributed by atoms with van der Waals surface area (Å²) in [6.45, 7) is -0.396. The van der Waals surface area contributed by atoms with Gasteiger partial charge in [-0.2, -0.15) is 0 Å². The van der Waals surface area contributed by atoms with Gasteiger partial charge < -0.3 is 10.1 Å². The van der Waals surface area contributed by atoms with Crippen molar-refractivity contribution in [2.45, 2.75) is 32.1 Å². The lowest BCUT2D eigenvalue weighted by atomic mass is 9.86. The van der Waals surface area contributed by atoms with E-state index in [9.17, 15) is 14.4 Å². The lowest BCUT2D eigenvalue weighted by molar-refractivity contribution is -0.149. The minimum Gasteiger partial charge on any atom is -0.456 e. The number of carbonyl (C=O) groups is 3. The first-order valence-corrected chi connectivity index (χ1v) is 6.75. The average Bonchev–Trinajstić information content (AvgIpc) is 2.98. The van der Waals surface area contributed by atoms with E-state index in [1.807, 2.05) is 5.32 Å². The minimum atomic E-state index is -0.611. The van der Waals surface area contributed by atoms with Crippen LogP contribution in [-0.4, -0.2) is 31.6 Å². The van der Waals surface area contributed by atoms with Crippen LogP contribution in [0.5, 0.6) is 0 Å². The quantitative estimate of drug-likeness (QED) is 0.739. The number of imide groups is 1. The van der Waals surface area contributed by atoms with Crippen molar-refractivity contribution in [3.8, 4) is 0 Å². The van der Waals surface area contributed by atoms with Crippen molar-refractivity contribution >= 4 is 17.9 Å². The molecule has 19 heavy (non-hydrogen) atoms. The molecule has 2 N–H and O–H groups in total. The van der Waals surface area contributed by atoms with Gasteiger partial charge in [-0.15, -0.1) is 0 Å². The van der Waals surface area contributed by atoms with Crippen molar-refractivity contribution in [1.29, 1.82) is 0 Å². The third-order valence-corrected chi connectivity index (χ3v) is 4.16. The van der Waals surface area contributed by atoms with E-state index in [-0.39, 0.29) is 5.97 Å². The molecule has 2 rings (SSSR count). The van der Waals surface area contributed by atoms with E-state index < -0.39 is 18.5 Å². The van der Waals surface area contributed by atoms with Crippen molar-refractivity contribution in [2.75, 3.05) is 13.7 Å². The number of carbonyl (C=O) groups excluding carboxylic acids is 3. The topological polar surface area (TPSA) is 84.5 Å². The zero-order chi connectivity index (χ0) is 13.8. The van der Waals surface area contributed by atoms with E-state index in [0.29, 0.717) is 18.3 Å². The number of esters is 1. The Kier molecular flexibility index (Phi) is 4.39. The minimum absolute atomic E-state index is 0.343. The highest BCUT2D eigenvalue weighted by Gasteiger charge is 2.40. The Balaban J connectivity index is 1.65. The largest absolute Gasteiger partial charge is 0.456 e. The van der Waals surface area contributed by atoms with Gasteiger partial charge in [-0.05, 0) is 37.0 Å². The number of hydrogen-bond donors (Lipinski definition) is 2. The number of fused-ring (bicyclic) bond motifs is 2. The second kappa shape index (κ2) is 6.04. The van der Waals surface area contributed by atoms with Crippen LogP contribution >= 0.6 is 0 Å². The monoisotopic (exact) mass is 268 g/mol. The van der Waals surface area contributed by atoms with Gasteiger partial charge in [0.25, 0.3) is 5.91 Å². The van der Waals surface area contributed by atoms with Crippen molar-refractivity contribution in [2.24, 2.45) is 17.8 Å². The molecule has 0 aromatic heterocycles. The molecule has 0 heterocycles. The van der Waals surface area contributed by atoms with Crippen LogP contribution in [0.15, 0.2) is 0 Å². The molecule has 3 atom stereocenters. The lowest BCUT2D eigenvalue weighted by Crippen LogP contribution is -2.39. The molecule has 0 aromatic rings. The van der Waals surface area contributed by atoms with Crippen molar-refractivity contribution in [3.05, 3.63) is 0 Å². The van der Waals surface area contributed by atoms with Crippen molar-refractivity contribution < 1.29 is 19.1 Å². The predicted octanol–water partition coefficient (Wildman–Crippen LogP) is 0.811. The number of amides is 3. The summed E-state index contributed by atoms with van der Waals surface area (Å²) in [6.07, 6.45) is 5.28. The van der Waals surface area contributed by atoms with Crippen LogP contribution in [0.4, 0.5) is 4.79 Å². The van der Waals surface area contributed by atoms with E-state index in [1.54, 1.807) is 0 Å². The normalized spacial score (nSPS) is 27.9. The second-order valence-corrected chi connectivity index (χ2v) is 5.43. The summed E-state index contributed by atoms with van der Waals surface area (Å²) in [5.41, 5.74) is 0. The van der Waals surface area contributed by atoms with Crippen LogP contribution in [0.3, 0.4) is 0 Å². The molecule has 6 heteroatoms. The molecule has 2 bridgehead atoms. The van der Waals surface area contributed by atoms with Crippen LogP contribution in [0.1, 0.15) is 32.1 Å². The molecule has 0 radical (unpaired) electrons. The highest BCUT2D eigenvalue weighted by molar-refractivity contribution is 5.95. The molecule has 3 amide bonds. The lowest BCUT2D eigenvalue weighted by Gasteiger charge is -2.20. The van der Waals surface area contributed by atoms with E-state index in [0.717, 1.165) is 12.3 Å². The van der Waals surface area contributed by atoms with Crippen LogP contribution in [0, 0.1) is 17.8 Å². The van der Waals surface area contributed by atoms with Gasteiger partial charge in [-0.25, -0.2) is 4.79 Å². The van der Waals surface area contributed by atoms with E-state index in [4.69, 9.17) is 4.74 Å². The number of rotatable bonds is 4. The number of hydrogen-bond acceptors (Lipinski definition) is 4. The highest BCUT2D eigenvalue weighted by atomic mass is 16.5. The zero-order valence-corrected chi connectivity index (χ0v) is 11.1. The Morgan fingerprint density at radius 3 is 2.58 bits per heavy atom. The highest BCUT2D eigenvalue weighted by Crippen LogP contribution is 2.49. The summed E-state index contributed by atoms with van der Waals surface area (Å²) >= 11 is 0. The number of ether oxygens (including phenoxy) is 1. The van der Waals surface area contributed by atoms with Crippen molar-refractivity contribution in [1.82, 2.24) is 10.6 Å². The molecular formula is C13H20N2O4. The fraction of sp³-hybridized carbons (Fsp3) is 0.769. The van der Waals surface area contributed by atoms with Gasteiger partial charge in [-0.1, -0.05) is 6.42 Å². The Labute approximate surface area is 112 Å². The van der Waals surface area contributed by atoms with Gasteiger partial charge in [-0.3, -0.25) is 14.9 Å². The molecule has 2 fully saturated rings. The second-order valence-electron chi connectivity index (χ2n) is 5.43. The van der Waals surface area contributed by atoms with Gasteiger partial charge >= 0.3 is 12.0 Å². The first kappa shape index (κ1) is 13.8. The molecule has 0 aromatic carbocycles. The Morgan fingerprint density at radius 1 is 1.21 bits per heavy atom. The molecule has 2 saturated carbocycles. The fourth-order valence-corrected chi connectivity index (χ4v) is 3.27. The molecule has 0 aliphatic heterocycles. The molecule has 106 valence electrons. The maximum Gasteiger partial charge on any atom is 0.321 e. The third kappa shape index (κ3) is 3.68. The van der Waals surface area contributed by atoms with E-state index >= 15 is 0 Å². The molecule has 0 saturated heterocycles. The number of urea groups is 1. The maximum atomic E-state index is 11.6. The Bertz CT molecular complexity index is 383. The first-order chi connectivity index (χ1) is 9.08. The first-order valence-electron chi connectivity index (χ1n) is 6.75.